The molecule has 0 fully saturated rings. The molecule has 0 saturated heterocycles. The molecule has 2 aromatic carbocycles. The molecule has 2 aromatic heterocycles. The molecule has 170 valence electrons. The molecule has 0 saturated carbocycles. The molecule has 0 atom stereocenters. The van der Waals surface area contributed by atoms with E-state index in [4.69, 9.17) is 4.74 Å². The molecule has 2 amide bonds. The number of ether oxygens (including phenoxy) is 1. The Morgan fingerprint density at radius 2 is 1.91 bits per heavy atom. The Morgan fingerprint density at radius 1 is 1.06 bits per heavy atom. The molecule has 3 heterocycles. The second kappa shape index (κ2) is 9.23. The average Bonchev–Trinajstić information content (AvgIpc) is 3.31. The van der Waals surface area contributed by atoms with Crippen LogP contribution in [0, 0.1) is 0 Å². The third-order valence-corrected chi connectivity index (χ3v) is 5.84. The number of pyridine rings is 1. The van der Waals surface area contributed by atoms with Crippen LogP contribution in [0.25, 0.3) is 22.5 Å². The standard InChI is InChI=1S/C27H24N4O3/c1-34-21-7-5-17(6-8-21)13-26(32)30-20-4-2-3-18(14-20)24-15-19(9-11-28-24)25-16-22-23(31-25)10-12-29-27(22)33/h2-9,11,14-16,31H,10,12-13H2,1H3,(H,29,33)(H,30,32). The van der Waals surface area contributed by atoms with Gasteiger partial charge in [0, 0.05) is 47.4 Å². The highest BCUT2D eigenvalue weighted by Crippen LogP contribution is 2.28. The fraction of sp³-hybridized carbons (Fsp3) is 0.148. The van der Waals surface area contributed by atoms with E-state index in [1.165, 1.54) is 0 Å². The zero-order valence-electron chi connectivity index (χ0n) is 18.7. The van der Waals surface area contributed by atoms with Crippen molar-refractivity contribution in [1.29, 1.82) is 0 Å². The van der Waals surface area contributed by atoms with Gasteiger partial charge in [0.1, 0.15) is 5.75 Å². The van der Waals surface area contributed by atoms with Crippen LogP contribution in [0.3, 0.4) is 0 Å². The Labute approximate surface area is 197 Å². The fourth-order valence-corrected chi connectivity index (χ4v) is 4.10. The van der Waals surface area contributed by atoms with E-state index >= 15 is 0 Å². The molecule has 0 bridgehead atoms. The number of rotatable bonds is 6. The van der Waals surface area contributed by atoms with Gasteiger partial charge in [0.25, 0.3) is 5.91 Å². The second-order valence-corrected chi connectivity index (χ2v) is 8.16. The zero-order valence-corrected chi connectivity index (χ0v) is 18.7. The minimum atomic E-state index is -0.0979. The van der Waals surface area contributed by atoms with E-state index in [0.717, 1.165) is 45.9 Å². The summed E-state index contributed by atoms with van der Waals surface area (Å²) in [5.74, 6) is 0.616. The van der Waals surface area contributed by atoms with Crippen molar-refractivity contribution in [2.45, 2.75) is 12.8 Å². The number of carbonyl (C=O) groups is 2. The Bertz CT molecular complexity index is 1360. The quantitative estimate of drug-likeness (QED) is 0.408. The highest BCUT2D eigenvalue weighted by molar-refractivity contribution is 5.98. The molecule has 0 spiro atoms. The van der Waals surface area contributed by atoms with Crippen LogP contribution in [0.15, 0.2) is 72.9 Å². The Morgan fingerprint density at radius 3 is 2.71 bits per heavy atom. The number of benzene rings is 2. The van der Waals surface area contributed by atoms with Crippen molar-refractivity contribution < 1.29 is 14.3 Å². The molecule has 1 aliphatic rings. The van der Waals surface area contributed by atoms with E-state index in [1.54, 1.807) is 13.3 Å². The summed E-state index contributed by atoms with van der Waals surface area (Å²) in [6.45, 7) is 0.643. The topological polar surface area (TPSA) is 96.1 Å². The predicted molar refractivity (Wildman–Crippen MR) is 131 cm³/mol. The monoisotopic (exact) mass is 452 g/mol. The maximum atomic E-state index is 12.6. The van der Waals surface area contributed by atoms with Gasteiger partial charge in [-0.1, -0.05) is 24.3 Å². The lowest BCUT2D eigenvalue weighted by Gasteiger charge is -2.11. The number of methoxy groups -OCH3 is 1. The number of aromatic nitrogens is 2. The number of amides is 2. The van der Waals surface area contributed by atoms with Crippen LogP contribution in [0.4, 0.5) is 5.69 Å². The summed E-state index contributed by atoms with van der Waals surface area (Å²) in [4.78, 5) is 32.5. The van der Waals surface area contributed by atoms with E-state index in [-0.39, 0.29) is 18.2 Å². The third kappa shape index (κ3) is 4.54. The number of anilines is 1. The van der Waals surface area contributed by atoms with Gasteiger partial charge < -0.3 is 20.4 Å². The predicted octanol–water partition coefficient (Wildman–Crippen LogP) is 4.22. The van der Waals surface area contributed by atoms with Gasteiger partial charge in [-0.25, -0.2) is 0 Å². The minimum Gasteiger partial charge on any atom is -0.497 e. The molecule has 7 heteroatoms. The van der Waals surface area contributed by atoms with Crippen LogP contribution in [0.2, 0.25) is 0 Å². The first-order valence-electron chi connectivity index (χ1n) is 11.1. The van der Waals surface area contributed by atoms with E-state index in [2.05, 4.69) is 20.6 Å². The normalized spacial score (nSPS) is 12.6. The van der Waals surface area contributed by atoms with Gasteiger partial charge >= 0.3 is 0 Å². The second-order valence-electron chi connectivity index (χ2n) is 8.16. The Kier molecular flexibility index (Phi) is 5.82. The van der Waals surface area contributed by atoms with E-state index in [0.29, 0.717) is 17.8 Å². The third-order valence-electron chi connectivity index (χ3n) is 5.84. The zero-order chi connectivity index (χ0) is 23.5. The summed E-state index contributed by atoms with van der Waals surface area (Å²) in [5.41, 5.74) is 6.76. The molecule has 5 rings (SSSR count). The van der Waals surface area contributed by atoms with Crippen LogP contribution in [-0.4, -0.2) is 35.4 Å². The van der Waals surface area contributed by atoms with Crippen molar-refractivity contribution in [3.63, 3.8) is 0 Å². The van der Waals surface area contributed by atoms with Gasteiger partial charge in [-0.15, -0.1) is 0 Å². The van der Waals surface area contributed by atoms with Crippen molar-refractivity contribution in [3.05, 3.63) is 89.7 Å². The largest absolute Gasteiger partial charge is 0.497 e. The maximum absolute atomic E-state index is 12.6. The van der Waals surface area contributed by atoms with Crippen LogP contribution >= 0.6 is 0 Å². The number of carbonyl (C=O) groups excluding carboxylic acids is 2. The number of fused-ring (bicyclic) bond motifs is 1. The van der Waals surface area contributed by atoms with Crippen molar-refractivity contribution >= 4 is 17.5 Å². The van der Waals surface area contributed by atoms with Gasteiger partial charge in [-0.2, -0.15) is 0 Å². The van der Waals surface area contributed by atoms with E-state index in [1.807, 2.05) is 66.7 Å². The summed E-state index contributed by atoms with van der Waals surface area (Å²) in [7, 11) is 1.61. The van der Waals surface area contributed by atoms with Crippen LogP contribution < -0.4 is 15.4 Å². The van der Waals surface area contributed by atoms with Crippen LogP contribution in [0.1, 0.15) is 21.6 Å². The Balaban J connectivity index is 1.33. The molecule has 3 N–H and O–H groups in total. The van der Waals surface area contributed by atoms with Gasteiger partial charge in [0.05, 0.1) is 24.8 Å². The summed E-state index contributed by atoms with van der Waals surface area (Å²) >= 11 is 0. The molecule has 0 unspecified atom stereocenters. The van der Waals surface area contributed by atoms with Gasteiger partial charge in [-0.3, -0.25) is 14.6 Å². The molecule has 34 heavy (non-hydrogen) atoms. The van der Waals surface area contributed by atoms with E-state index in [9.17, 15) is 9.59 Å². The maximum Gasteiger partial charge on any atom is 0.253 e. The highest BCUT2D eigenvalue weighted by atomic mass is 16.5. The summed E-state index contributed by atoms with van der Waals surface area (Å²) in [5, 5.41) is 5.84. The number of hydrogen-bond donors (Lipinski definition) is 3. The molecule has 1 aliphatic heterocycles. The number of H-pyrrole nitrogens is 1. The number of hydrogen-bond acceptors (Lipinski definition) is 4. The van der Waals surface area contributed by atoms with Crippen molar-refractivity contribution in [3.8, 4) is 28.3 Å². The molecule has 0 aliphatic carbocycles. The first kappa shape index (κ1) is 21.5. The van der Waals surface area contributed by atoms with Gasteiger partial charge in [-0.05, 0) is 48.0 Å². The van der Waals surface area contributed by atoms with Crippen molar-refractivity contribution in [2.75, 3.05) is 19.0 Å². The fourth-order valence-electron chi connectivity index (χ4n) is 4.10. The van der Waals surface area contributed by atoms with Gasteiger partial charge in [0.15, 0.2) is 0 Å². The lowest BCUT2D eigenvalue weighted by atomic mass is 10.1. The molecule has 7 nitrogen and oxygen atoms in total. The summed E-state index contributed by atoms with van der Waals surface area (Å²) in [6, 6.07) is 20.8. The number of aromatic amines is 1. The average molecular weight is 453 g/mol. The smallest absolute Gasteiger partial charge is 0.253 e. The SMILES string of the molecule is COc1ccc(CC(=O)Nc2cccc(-c3cc(-c4cc5c([nH]4)CCNC5=O)ccn3)c2)cc1. The first-order chi connectivity index (χ1) is 16.6. The minimum absolute atomic E-state index is 0.0453. The highest BCUT2D eigenvalue weighted by Gasteiger charge is 2.20. The Hall–Kier alpha value is -4.39. The van der Waals surface area contributed by atoms with Crippen LogP contribution in [-0.2, 0) is 17.6 Å². The van der Waals surface area contributed by atoms with E-state index < -0.39 is 0 Å². The van der Waals surface area contributed by atoms with Crippen molar-refractivity contribution in [2.24, 2.45) is 0 Å². The molecule has 4 aromatic rings. The first-order valence-corrected chi connectivity index (χ1v) is 11.1. The summed E-state index contributed by atoms with van der Waals surface area (Å²) in [6.07, 6.45) is 2.81. The summed E-state index contributed by atoms with van der Waals surface area (Å²) < 4.78 is 5.16. The molecule has 0 radical (unpaired) electrons. The lowest BCUT2D eigenvalue weighted by molar-refractivity contribution is -0.115. The molecular formula is C27H24N4O3. The van der Waals surface area contributed by atoms with Crippen molar-refractivity contribution in [1.82, 2.24) is 15.3 Å². The molecular weight excluding hydrogens is 428 g/mol. The number of nitrogens with zero attached hydrogens (tertiary/aromatic N) is 1. The van der Waals surface area contributed by atoms with Gasteiger partial charge in [0.2, 0.25) is 5.91 Å². The van der Waals surface area contributed by atoms with Crippen LogP contribution in [0.5, 0.6) is 5.75 Å². The lowest BCUT2D eigenvalue weighted by Crippen LogP contribution is -2.31. The number of nitrogens with one attached hydrogen (secondary N) is 3.